The minimum Gasteiger partial charge on any atom is -0.495 e. The van der Waals surface area contributed by atoms with Gasteiger partial charge in [0.1, 0.15) is 5.75 Å². The molecule has 0 aliphatic carbocycles. The summed E-state index contributed by atoms with van der Waals surface area (Å²) < 4.78 is 17.6. The highest BCUT2D eigenvalue weighted by Crippen LogP contribution is 2.39. The number of benzene rings is 1. The molecule has 0 spiro atoms. The van der Waals surface area contributed by atoms with Crippen LogP contribution in [-0.2, 0) is 20.7 Å². The topological polar surface area (TPSA) is 27.7 Å². The normalized spacial score (nSPS) is 12.6. The van der Waals surface area contributed by atoms with E-state index in [1.165, 1.54) is 0 Å². The first-order chi connectivity index (χ1) is 8.69. The molecule has 0 aromatic heterocycles. The third kappa shape index (κ3) is 3.41. The Balaban J connectivity index is 3.52. The predicted molar refractivity (Wildman–Crippen MR) is 85.8 cm³/mol. The molecule has 1 rings (SSSR count). The Bertz CT molecular complexity index is 445. The summed E-state index contributed by atoms with van der Waals surface area (Å²) in [4.78, 5) is 0. The average molecular weight is 378 g/mol. The van der Waals surface area contributed by atoms with Crippen molar-refractivity contribution < 1.29 is 14.2 Å². The smallest absolute Gasteiger partial charge is 0.191 e. The van der Waals surface area contributed by atoms with Gasteiger partial charge in [-0.25, -0.2) is 0 Å². The van der Waals surface area contributed by atoms with E-state index >= 15 is 0 Å². The van der Waals surface area contributed by atoms with Crippen molar-refractivity contribution >= 4 is 22.6 Å². The monoisotopic (exact) mass is 378 g/mol. The van der Waals surface area contributed by atoms with Gasteiger partial charge in [-0.05, 0) is 47.1 Å². The molecular formula is C15H23IO3. The van der Waals surface area contributed by atoms with Crippen LogP contribution in [0.4, 0.5) is 0 Å². The quantitative estimate of drug-likeness (QED) is 0.584. The SMILES string of the molecule is COc1c(I)cc(C(C)(OC)OC)cc1C(C)(C)C. The molecule has 0 N–H and O–H groups in total. The second-order valence-electron chi connectivity index (χ2n) is 5.64. The second-order valence-corrected chi connectivity index (χ2v) is 6.81. The summed E-state index contributed by atoms with van der Waals surface area (Å²) in [7, 11) is 5.01. The maximum Gasteiger partial charge on any atom is 0.191 e. The third-order valence-electron chi connectivity index (χ3n) is 3.36. The van der Waals surface area contributed by atoms with E-state index in [0.717, 1.165) is 20.4 Å². The number of rotatable bonds is 4. The van der Waals surface area contributed by atoms with Gasteiger partial charge in [-0.1, -0.05) is 20.8 Å². The molecule has 0 unspecified atom stereocenters. The summed E-state index contributed by atoms with van der Waals surface area (Å²) >= 11 is 2.29. The number of ether oxygens (including phenoxy) is 3. The van der Waals surface area contributed by atoms with E-state index < -0.39 is 5.79 Å². The van der Waals surface area contributed by atoms with Crippen molar-refractivity contribution in [3.63, 3.8) is 0 Å². The van der Waals surface area contributed by atoms with Crippen molar-refractivity contribution in [2.75, 3.05) is 21.3 Å². The Morgan fingerprint density at radius 1 is 0.947 bits per heavy atom. The molecular weight excluding hydrogens is 355 g/mol. The Morgan fingerprint density at radius 2 is 1.47 bits per heavy atom. The lowest BCUT2D eigenvalue weighted by Crippen LogP contribution is -2.28. The highest BCUT2D eigenvalue weighted by molar-refractivity contribution is 14.1. The minimum absolute atomic E-state index is 0.0103. The van der Waals surface area contributed by atoms with E-state index in [-0.39, 0.29) is 5.41 Å². The number of hydrogen-bond acceptors (Lipinski definition) is 3. The first kappa shape index (κ1) is 16.7. The Kier molecular flexibility index (Phi) is 5.26. The van der Waals surface area contributed by atoms with Gasteiger partial charge in [0.15, 0.2) is 5.79 Å². The molecule has 0 heterocycles. The largest absolute Gasteiger partial charge is 0.495 e. The third-order valence-corrected chi connectivity index (χ3v) is 4.16. The van der Waals surface area contributed by atoms with Crippen LogP contribution in [0.15, 0.2) is 12.1 Å². The fourth-order valence-corrected chi connectivity index (χ4v) is 2.79. The highest BCUT2D eigenvalue weighted by Gasteiger charge is 2.30. The van der Waals surface area contributed by atoms with Gasteiger partial charge in [0.05, 0.1) is 10.7 Å². The lowest BCUT2D eigenvalue weighted by Gasteiger charge is -2.30. The van der Waals surface area contributed by atoms with Gasteiger partial charge in [0.2, 0.25) is 0 Å². The van der Waals surface area contributed by atoms with Crippen molar-refractivity contribution in [3.05, 3.63) is 26.8 Å². The lowest BCUT2D eigenvalue weighted by molar-refractivity contribution is -0.201. The molecule has 1 aromatic rings. The van der Waals surface area contributed by atoms with Crippen molar-refractivity contribution in [1.29, 1.82) is 0 Å². The maximum atomic E-state index is 5.55. The van der Waals surface area contributed by atoms with E-state index in [1.807, 2.05) is 13.0 Å². The van der Waals surface area contributed by atoms with Crippen LogP contribution >= 0.6 is 22.6 Å². The summed E-state index contributed by atoms with van der Waals surface area (Å²) in [6.45, 7) is 8.42. The number of methoxy groups -OCH3 is 3. The summed E-state index contributed by atoms with van der Waals surface area (Å²) in [5.41, 5.74) is 2.13. The van der Waals surface area contributed by atoms with Crippen LogP contribution in [-0.4, -0.2) is 21.3 Å². The fraction of sp³-hybridized carbons (Fsp3) is 0.600. The minimum atomic E-state index is -0.744. The van der Waals surface area contributed by atoms with Gasteiger partial charge < -0.3 is 14.2 Å². The lowest BCUT2D eigenvalue weighted by atomic mass is 9.84. The zero-order valence-corrected chi connectivity index (χ0v) is 14.9. The van der Waals surface area contributed by atoms with Gasteiger partial charge in [-0.3, -0.25) is 0 Å². The first-order valence-corrected chi connectivity index (χ1v) is 7.26. The van der Waals surface area contributed by atoms with Crippen LogP contribution in [0, 0.1) is 3.57 Å². The molecule has 108 valence electrons. The van der Waals surface area contributed by atoms with Gasteiger partial charge in [-0.15, -0.1) is 0 Å². The molecule has 0 saturated carbocycles. The van der Waals surface area contributed by atoms with Crippen molar-refractivity contribution in [3.8, 4) is 5.75 Å². The molecule has 0 aliphatic rings. The molecule has 19 heavy (non-hydrogen) atoms. The van der Waals surface area contributed by atoms with Gasteiger partial charge in [0, 0.05) is 25.3 Å². The Hall–Kier alpha value is -0.330. The van der Waals surface area contributed by atoms with Crippen LogP contribution < -0.4 is 4.74 Å². The van der Waals surface area contributed by atoms with Crippen LogP contribution in [0.5, 0.6) is 5.75 Å². The molecule has 1 aromatic carbocycles. The zero-order chi connectivity index (χ0) is 14.8. The highest BCUT2D eigenvalue weighted by atomic mass is 127. The fourth-order valence-electron chi connectivity index (χ4n) is 1.94. The summed E-state index contributed by atoms with van der Waals surface area (Å²) in [6, 6.07) is 4.15. The molecule has 3 nitrogen and oxygen atoms in total. The van der Waals surface area contributed by atoms with Crippen LogP contribution in [0.1, 0.15) is 38.8 Å². The molecule has 0 atom stereocenters. The number of hydrogen-bond donors (Lipinski definition) is 0. The van der Waals surface area contributed by atoms with E-state index in [4.69, 9.17) is 14.2 Å². The molecule has 0 saturated heterocycles. The summed E-state index contributed by atoms with van der Waals surface area (Å²) in [5, 5.41) is 0. The standard InChI is InChI=1S/C15H23IO3/c1-14(2,3)11-8-10(15(4,18-6)19-7)9-12(16)13(11)17-5/h8-9H,1-7H3. The zero-order valence-electron chi connectivity index (χ0n) is 12.8. The second kappa shape index (κ2) is 5.97. The first-order valence-electron chi connectivity index (χ1n) is 6.18. The maximum absolute atomic E-state index is 5.55. The van der Waals surface area contributed by atoms with Crippen molar-refractivity contribution in [2.45, 2.75) is 38.9 Å². The van der Waals surface area contributed by atoms with Crippen LogP contribution in [0.25, 0.3) is 0 Å². The van der Waals surface area contributed by atoms with E-state index in [9.17, 15) is 0 Å². The number of halogens is 1. The molecule has 0 amide bonds. The molecule has 0 aliphatic heterocycles. The predicted octanol–water partition coefficient (Wildman–Crippen LogP) is 4.06. The van der Waals surface area contributed by atoms with Crippen molar-refractivity contribution in [2.24, 2.45) is 0 Å². The van der Waals surface area contributed by atoms with Crippen molar-refractivity contribution in [1.82, 2.24) is 0 Å². The summed E-state index contributed by atoms with van der Waals surface area (Å²) in [6.07, 6.45) is 0. The average Bonchev–Trinajstić information content (AvgIpc) is 2.35. The molecule has 4 heteroatoms. The Morgan fingerprint density at radius 3 is 1.84 bits per heavy atom. The van der Waals surface area contributed by atoms with E-state index in [0.29, 0.717) is 0 Å². The molecule has 0 bridgehead atoms. The van der Waals surface area contributed by atoms with E-state index in [1.54, 1.807) is 21.3 Å². The molecule has 0 fully saturated rings. The van der Waals surface area contributed by atoms with Gasteiger partial charge >= 0.3 is 0 Å². The van der Waals surface area contributed by atoms with Crippen LogP contribution in [0.2, 0.25) is 0 Å². The molecule has 0 radical (unpaired) electrons. The van der Waals surface area contributed by atoms with E-state index in [2.05, 4.69) is 49.4 Å². The Labute approximate surface area is 129 Å². The van der Waals surface area contributed by atoms with Gasteiger partial charge in [0.25, 0.3) is 0 Å². The summed E-state index contributed by atoms with van der Waals surface area (Å²) in [5.74, 6) is 0.179. The van der Waals surface area contributed by atoms with Gasteiger partial charge in [-0.2, -0.15) is 0 Å². The van der Waals surface area contributed by atoms with Crippen LogP contribution in [0.3, 0.4) is 0 Å².